The number of anilines is 1. The highest BCUT2D eigenvalue weighted by atomic mass is 16.1. The maximum absolute atomic E-state index is 11.7. The van der Waals surface area contributed by atoms with Gasteiger partial charge in [0.2, 0.25) is 0 Å². The minimum atomic E-state index is 0.228. The van der Waals surface area contributed by atoms with Crippen LogP contribution in [0.25, 0.3) is 11.4 Å². The third-order valence-corrected chi connectivity index (χ3v) is 3.45. The molecule has 0 aliphatic rings. The number of nitrogens with zero attached hydrogens (tertiary/aromatic N) is 2. The molecule has 0 unspecified atom stereocenters. The molecule has 0 spiro atoms. The summed E-state index contributed by atoms with van der Waals surface area (Å²) in [4.78, 5) is 20.6. The van der Waals surface area contributed by atoms with Crippen molar-refractivity contribution in [1.29, 1.82) is 0 Å². The van der Waals surface area contributed by atoms with E-state index in [-0.39, 0.29) is 5.78 Å². The van der Waals surface area contributed by atoms with Crippen molar-refractivity contribution in [3.8, 4) is 11.4 Å². The third kappa shape index (κ3) is 3.88. The smallest absolute Gasteiger partial charge is 0.151 e. The van der Waals surface area contributed by atoms with Crippen molar-refractivity contribution in [3.05, 3.63) is 41.7 Å². The fraction of sp³-hybridized carbons (Fsp3) is 0.353. The first-order chi connectivity index (χ1) is 10.1. The summed E-state index contributed by atoms with van der Waals surface area (Å²) in [6.45, 7) is 6.36. The van der Waals surface area contributed by atoms with Gasteiger partial charge >= 0.3 is 0 Å². The summed E-state index contributed by atoms with van der Waals surface area (Å²) in [6, 6.07) is 7.72. The van der Waals surface area contributed by atoms with Crippen LogP contribution in [0.1, 0.15) is 31.0 Å². The van der Waals surface area contributed by atoms with Gasteiger partial charge < -0.3 is 5.32 Å². The maximum Gasteiger partial charge on any atom is 0.151 e. The van der Waals surface area contributed by atoms with Crippen molar-refractivity contribution in [2.24, 2.45) is 0 Å². The van der Waals surface area contributed by atoms with Gasteiger partial charge in [-0.15, -0.1) is 0 Å². The van der Waals surface area contributed by atoms with Gasteiger partial charge in [0.25, 0.3) is 0 Å². The predicted octanol–water partition coefficient (Wildman–Crippen LogP) is 3.54. The minimum Gasteiger partial charge on any atom is -0.378 e. The zero-order valence-corrected chi connectivity index (χ0v) is 12.8. The van der Waals surface area contributed by atoms with Crippen molar-refractivity contribution in [3.63, 3.8) is 0 Å². The van der Waals surface area contributed by atoms with Crippen LogP contribution in [0.4, 0.5) is 5.69 Å². The second-order valence-corrected chi connectivity index (χ2v) is 5.12. The van der Waals surface area contributed by atoms with E-state index < -0.39 is 0 Å². The molecular weight excluding hydrogens is 262 g/mol. The van der Waals surface area contributed by atoms with E-state index in [4.69, 9.17) is 0 Å². The lowest BCUT2D eigenvalue weighted by molar-refractivity contribution is -0.117. The number of carbonyl (C=O) groups is 1. The van der Waals surface area contributed by atoms with E-state index in [0.717, 1.165) is 34.8 Å². The summed E-state index contributed by atoms with van der Waals surface area (Å²) < 4.78 is 0. The van der Waals surface area contributed by atoms with E-state index in [2.05, 4.69) is 15.3 Å². The molecule has 0 atom stereocenters. The molecule has 0 aromatic carbocycles. The molecule has 2 aromatic rings. The molecule has 2 aromatic heterocycles. The van der Waals surface area contributed by atoms with Gasteiger partial charge in [-0.05, 0) is 44.0 Å². The highest BCUT2D eigenvalue weighted by molar-refractivity contribution is 5.83. The Morgan fingerprint density at radius 3 is 2.71 bits per heavy atom. The number of ketones is 1. The molecule has 2 heterocycles. The van der Waals surface area contributed by atoms with E-state index in [9.17, 15) is 4.79 Å². The first-order valence-corrected chi connectivity index (χ1v) is 7.27. The van der Waals surface area contributed by atoms with Crippen molar-refractivity contribution in [2.45, 2.75) is 33.6 Å². The molecule has 0 fully saturated rings. The SMILES string of the molecule is CCCC(=O)CNc1cc(-c2ccccn2)nc(C)c1C. The number of Topliss-reactive ketones (excluding diaryl/α,β-unsaturated/α-hetero) is 1. The van der Waals surface area contributed by atoms with Gasteiger partial charge in [0.1, 0.15) is 0 Å². The Kier molecular flexibility index (Phi) is 5.04. The fourth-order valence-corrected chi connectivity index (χ4v) is 2.13. The standard InChI is InChI=1S/C17H21N3O/c1-4-7-14(21)11-19-16-10-17(20-13(3)12(16)2)15-8-5-6-9-18-15/h5-6,8-10H,4,7,11H2,1-3H3,(H,19,20). The molecule has 4 nitrogen and oxygen atoms in total. The molecule has 21 heavy (non-hydrogen) atoms. The topological polar surface area (TPSA) is 54.9 Å². The van der Waals surface area contributed by atoms with E-state index in [1.54, 1.807) is 6.20 Å². The zero-order valence-electron chi connectivity index (χ0n) is 12.8. The molecule has 0 radical (unpaired) electrons. The second kappa shape index (κ2) is 6.97. The number of aryl methyl sites for hydroxylation is 1. The van der Waals surface area contributed by atoms with Gasteiger partial charge in [0.15, 0.2) is 5.78 Å². The molecule has 1 N–H and O–H groups in total. The van der Waals surface area contributed by atoms with Crippen LogP contribution in [0.2, 0.25) is 0 Å². The highest BCUT2D eigenvalue weighted by Gasteiger charge is 2.09. The predicted molar refractivity (Wildman–Crippen MR) is 85.3 cm³/mol. The fourth-order valence-electron chi connectivity index (χ4n) is 2.13. The summed E-state index contributed by atoms with van der Waals surface area (Å²) >= 11 is 0. The van der Waals surface area contributed by atoms with Crippen LogP contribution in [-0.4, -0.2) is 22.3 Å². The Labute approximate surface area is 125 Å². The van der Waals surface area contributed by atoms with Crippen molar-refractivity contribution in [1.82, 2.24) is 9.97 Å². The number of hydrogen-bond acceptors (Lipinski definition) is 4. The van der Waals surface area contributed by atoms with Crippen molar-refractivity contribution < 1.29 is 4.79 Å². The quantitative estimate of drug-likeness (QED) is 0.881. The van der Waals surface area contributed by atoms with Gasteiger partial charge in [-0.25, -0.2) is 0 Å². The third-order valence-electron chi connectivity index (χ3n) is 3.45. The molecule has 4 heteroatoms. The van der Waals surface area contributed by atoms with Gasteiger partial charge in [-0.1, -0.05) is 13.0 Å². The number of nitrogens with one attached hydrogen (secondary N) is 1. The number of aromatic nitrogens is 2. The monoisotopic (exact) mass is 283 g/mol. The number of rotatable bonds is 6. The normalized spacial score (nSPS) is 10.4. The van der Waals surface area contributed by atoms with Crippen LogP contribution in [0.15, 0.2) is 30.5 Å². The van der Waals surface area contributed by atoms with Crippen LogP contribution in [0.5, 0.6) is 0 Å². The molecule has 0 saturated carbocycles. The maximum atomic E-state index is 11.7. The summed E-state index contributed by atoms with van der Waals surface area (Å²) in [7, 11) is 0. The first-order valence-electron chi connectivity index (χ1n) is 7.27. The summed E-state index contributed by atoms with van der Waals surface area (Å²) in [5.74, 6) is 0.228. The lowest BCUT2D eigenvalue weighted by atomic mass is 10.1. The lowest BCUT2D eigenvalue weighted by Crippen LogP contribution is -2.14. The molecule has 2 rings (SSSR count). The zero-order chi connectivity index (χ0) is 15.2. The van der Waals surface area contributed by atoms with Gasteiger partial charge in [0, 0.05) is 24.0 Å². The van der Waals surface area contributed by atoms with Crippen molar-refractivity contribution >= 4 is 11.5 Å². The Morgan fingerprint density at radius 2 is 2.05 bits per heavy atom. The van der Waals surface area contributed by atoms with Gasteiger partial charge in [-0.3, -0.25) is 14.8 Å². The average molecular weight is 283 g/mol. The lowest BCUT2D eigenvalue weighted by Gasteiger charge is -2.13. The molecular formula is C17H21N3O. The van der Waals surface area contributed by atoms with E-state index in [1.165, 1.54) is 0 Å². The van der Waals surface area contributed by atoms with Crippen LogP contribution in [0.3, 0.4) is 0 Å². The number of carbonyl (C=O) groups excluding carboxylic acids is 1. The molecule has 0 bridgehead atoms. The van der Waals surface area contributed by atoms with Gasteiger partial charge in [0.05, 0.1) is 17.9 Å². The minimum absolute atomic E-state index is 0.228. The first kappa shape index (κ1) is 15.2. The summed E-state index contributed by atoms with van der Waals surface area (Å²) in [5, 5.41) is 3.23. The van der Waals surface area contributed by atoms with Crippen LogP contribution in [0, 0.1) is 13.8 Å². The summed E-state index contributed by atoms with van der Waals surface area (Å²) in [5.41, 5.74) is 4.63. The molecule has 0 amide bonds. The Morgan fingerprint density at radius 1 is 1.24 bits per heavy atom. The van der Waals surface area contributed by atoms with E-state index in [0.29, 0.717) is 13.0 Å². The van der Waals surface area contributed by atoms with E-state index >= 15 is 0 Å². The second-order valence-electron chi connectivity index (χ2n) is 5.12. The van der Waals surface area contributed by atoms with Crippen molar-refractivity contribution in [2.75, 3.05) is 11.9 Å². The molecule has 0 saturated heterocycles. The number of hydrogen-bond donors (Lipinski definition) is 1. The largest absolute Gasteiger partial charge is 0.378 e. The molecule has 110 valence electrons. The van der Waals surface area contributed by atoms with E-state index in [1.807, 2.05) is 45.0 Å². The Balaban J connectivity index is 2.25. The van der Waals surface area contributed by atoms with Gasteiger partial charge in [-0.2, -0.15) is 0 Å². The van der Waals surface area contributed by atoms with Crippen LogP contribution in [-0.2, 0) is 4.79 Å². The van der Waals surface area contributed by atoms with Crippen LogP contribution >= 0.6 is 0 Å². The Hall–Kier alpha value is -2.23. The highest BCUT2D eigenvalue weighted by Crippen LogP contribution is 2.24. The average Bonchev–Trinajstić information content (AvgIpc) is 2.50. The summed E-state index contributed by atoms with van der Waals surface area (Å²) in [6.07, 6.45) is 3.25. The molecule has 0 aliphatic carbocycles. The van der Waals surface area contributed by atoms with Crippen LogP contribution < -0.4 is 5.32 Å². The Bertz CT molecular complexity index is 623. The molecule has 0 aliphatic heterocycles. The number of pyridine rings is 2.